The largest absolute Gasteiger partial charge is 0.454 e. The molecule has 0 bridgehead atoms. The number of hydrogen-bond donors (Lipinski definition) is 2. The number of nitrogens with zero attached hydrogens (tertiary/aromatic N) is 1. The monoisotopic (exact) mass is 381 g/mol. The Morgan fingerprint density at radius 3 is 2.75 bits per heavy atom. The van der Waals surface area contributed by atoms with Gasteiger partial charge in [-0.1, -0.05) is 6.07 Å². The van der Waals surface area contributed by atoms with Crippen molar-refractivity contribution in [1.29, 1.82) is 0 Å². The van der Waals surface area contributed by atoms with Gasteiger partial charge in [0.05, 0.1) is 5.92 Å². The van der Waals surface area contributed by atoms with E-state index in [1.165, 1.54) is 0 Å². The number of benzene rings is 2. The minimum absolute atomic E-state index is 0.120. The van der Waals surface area contributed by atoms with Crippen LogP contribution in [-0.4, -0.2) is 38.1 Å². The first-order valence-electron chi connectivity index (χ1n) is 8.88. The molecule has 1 saturated heterocycles. The lowest BCUT2D eigenvalue weighted by atomic mass is 10.1. The highest BCUT2D eigenvalue weighted by atomic mass is 16.7. The van der Waals surface area contributed by atoms with Crippen molar-refractivity contribution in [3.8, 4) is 11.5 Å². The predicted molar refractivity (Wildman–Crippen MR) is 101 cm³/mol. The Balaban J connectivity index is 1.45. The zero-order chi connectivity index (χ0) is 19.7. The topological polar surface area (TPSA) is 97.0 Å². The van der Waals surface area contributed by atoms with Crippen molar-refractivity contribution < 1.29 is 23.9 Å². The molecule has 1 atom stereocenters. The lowest BCUT2D eigenvalue weighted by Crippen LogP contribution is -2.28. The van der Waals surface area contributed by atoms with E-state index in [-0.39, 0.29) is 37.5 Å². The number of carbonyl (C=O) groups is 3. The maximum atomic E-state index is 12.6. The first-order valence-corrected chi connectivity index (χ1v) is 8.88. The van der Waals surface area contributed by atoms with Gasteiger partial charge in [0, 0.05) is 43.0 Å². The van der Waals surface area contributed by atoms with Crippen molar-refractivity contribution in [1.82, 2.24) is 5.32 Å². The van der Waals surface area contributed by atoms with Crippen molar-refractivity contribution >= 4 is 29.1 Å². The maximum absolute atomic E-state index is 12.6. The second-order valence-electron chi connectivity index (χ2n) is 6.59. The highest BCUT2D eigenvalue weighted by Crippen LogP contribution is 2.37. The van der Waals surface area contributed by atoms with Gasteiger partial charge in [0.1, 0.15) is 0 Å². The summed E-state index contributed by atoms with van der Waals surface area (Å²) in [7, 11) is 1.54. The minimum Gasteiger partial charge on any atom is -0.454 e. The van der Waals surface area contributed by atoms with E-state index in [1.54, 1.807) is 54.4 Å². The van der Waals surface area contributed by atoms with Gasteiger partial charge in [-0.3, -0.25) is 14.4 Å². The lowest BCUT2D eigenvalue weighted by Gasteiger charge is -2.17. The number of fused-ring (bicyclic) bond motifs is 1. The van der Waals surface area contributed by atoms with Gasteiger partial charge in [-0.25, -0.2) is 0 Å². The van der Waals surface area contributed by atoms with Crippen molar-refractivity contribution in [2.45, 2.75) is 6.42 Å². The van der Waals surface area contributed by atoms with E-state index in [9.17, 15) is 14.4 Å². The number of anilines is 2. The lowest BCUT2D eigenvalue weighted by molar-refractivity contribution is -0.122. The van der Waals surface area contributed by atoms with Crippen LogP contribution in [0.3, 0.4) is 0 Å². The minimum atomic E-state index is -0.485. The van der Waals surface area contributed by atoms with Crippen LogP contribution >= 0.6 is 0 Å². The Morgan fingerprint density at radius 2 is 1.93 bits per heavy atom. The molecule has 1 fully saturated rings. The van der Waals surface area contributed by atoms with Gasteiger partial charge < -0.3 is 25.0 Å². The van der Waals surface area contributed by atoms with Crippen LogP contribution < -0.4 is 25.0 Å². The summed E-state index contributed by atoms with van der Waals surface area (Å²) in [5.41, 5.74) is 1.64. The molecule has 2 N–H and O–H groups in total. The third kappa shape index (κ3) is 3.36. The smallest absolute Gasteiger partial charge is 0.251 e. The van der Waals surface area contributed by atoms with E-state index in [2.05, 4.69) is 10.6 Å². The highest BCUT2D eigenvalue weighted by Gasteiger charge is 2.35. The molecule has 8 nitrogen and oxygen atoms in total. The van der Waals surface area contributed by atoms with Gasteiger partial charge in [-0.2, -0.15) is 0 Å². The standard InChI is InChI=1S/C20H19N3O5/c1-21-19(25)12-3-2-4-14(7-12)22-20(26)13-8-18(24)23(10-13)15-5-6-16-17(9-15)28-11-27-16/h2-7,9,13H,8,10-11H2,1H3,(H,21,25)(H,22,26). The Bertz CT molecular complexity index is 959. The van der Waals surface area contributed by atoms with Crippen LogP contribution in [0.1, 0.15) is 16.8 Å². The van der Waals surface area contributed by atoms with E-state index in [0.717, 1.165) is 0 Å². The van der Waals surface area contributed by atoms with E-state index in [4.69, 9.17) is 9.47 Å². The Hall–Kier alpha value is -3.55. The molecule has 3 amide bonds. The average molecular weight is 381 g/mol. The highest BCUT2D eigenvalue weighted by molar-refractivity contribution is 6.04. The number of rotatable bonds is 4. The maximum Gasteiger partial charge on any atom is 0.251 e. The second kappa shape index (κ2) is 7.22. The SMILES string of the molecule is CNC(=O)c1cccc(NC(=O)C2CC(=O)N(c3ccc4c(c3)OCO4)C2)c1. The van der Waals surface area contributed by atoms with Crippen LogP contribution in [0, 0.1) is 5.92 Å². The molecule has 2 heterocycles. The van der Waals surface area contributed by atoms with Gasteiger partial charge >= 0.3 is 0 Å². The number of amides is 3. The quantitative estimate of drug-likeness (QED) is 0.841. The summed E-state index contributed by atoms with van der Waals surface area (Å²) in [6.45, 7) is 0.437. The van der Waals surface area contributed by atoms with Gasteiger partial charge in [0.25, 0.3) is 5.91 Å². The Labute approximate surface area is 161 Å². The van der Waals surface area contributed by atoms with Crippen molar-refractivity contribution in [2.24, 2.45) is 5.92 Å². The zero-order valence-corrected chi connectivity index (χ0v) is 15.2. The van der Waals surface area contributed by atoms with Crippen molar-refractivity contribution in [3.63, 3.8) is 0 Å². The third-order valence-corrected chi connectivity index (χ3v) is 4.78. The molecule has 8 heteroatoms. The summed E-state index contributed by atoms with van der Waals surface area (Å²) in [5.74, 6) is 0.122. The fraction of sp³-hybridized carbons (Fsp3) is 0.250. The van der Waals surface area contributed by atoms with E-state index in [1.807, 2.05) is 0 Å². The van der Waals surface area contributed by atoms with E-state index in [0.29, 0.717) is 28.4 Å². The van der Waals surface area contributed by atoms with Gasteiger partial charge in [0.2, 0.25) is 18.6 Å². The predicted octanol–water partition coefficient (Wildman–Crippen LogP) is 1.77. The first kappa shape index (κ1) is 17.8. The molecule has 0 aliphatic carbocycles. The van der Waals surface area contributed by atoms with Gasteiger partial charge in [0.15, 0.2) is 11.5 Å². The summed E-state index contributed by atoms with van der Waals surface area (Å²) < 4.78 is 10.6. The van der Waals surface area contributed by atoms with Crippen LogP contribution in [0.5, 0.6) is 11.5 Å². The molecule has 1 unspecified atom stereocenters. The van der Waals surface area contributed by atoms with Crippen molar-refractivity contribution in [3.05, 3.63) is 48.0 Å². The van der Waals surface area contributed by atoms with Crippen LogP contribution in [0.15, 0.2) is 42.5 Å². The summed E-state index contributed by atoms with van der Waals surface area (Å²) in [5, 5.41) is 5.34. The molecule has 2 aromatic rings. The molecular formula is C20H19N3O5. The molecular weight excluding hydrogens is 362 g/mol. The molecule has 2 aliphatic heterocycles. The molecule has 2 aromatic carbocycles. The zero-order valence-electron chi connectivity index (χ0n) is 15.2. The molecule has 28 heavy (non-hydrogen) atoms. The summed E-state index contributed by atoms with van der Waals surface area (Å²) in [6.07, 6.45) is 0.120. The van der Waals surface area contributed by atoms with Crippen LogP contribution in [0.2, 0.25) is 0 Å². The second-order valence-corrected chi connectivity index (χ2v) is 6.59. The summed E-state index contributed by atoms with van der Waals surface area (Å²) in [4.78, 5) is 38.4. The summed E-state index contributed by atoms with van der Waals surface area (Å²) in [6, 6.07) is 11.9. The van der Waals surface area contributed by atoms with E-state index >= 15 is 0 Å². The van der Waals surface area contributed by atoms with Crippen LogP contribution in [-0.2, 0) is 9.59 Å². The molecule has 0 spiro atoms. The third-order valence-electron chi connectivity index (χ3n) is 4.78. The number of ether oxygens (including phenoxy) is 2. The fourth-order valence-corrected chi connectivity index (χ4v) is 3.31. The van der Waals surface area contributed by atoms with Gasteiger partial charge in [-0.15, -0.1) is 0 Å². The summed E-state index contributed by atoms with van der Waals surface area (Å²) >= 11 is 0. The normalized spacial score (nSPS) is 17.5. The molecule has 0 aromatic heterocycles. The fourth-order valence-electron chi connectivity index (χ4n) is 3.31. The van der Waals surface area contributed by atoms with Crippen molar-refractivity contribution in [2.75, 3.05) is 30.6 Å². The molecule has 4 rings (SSSR count). The molecule has 0 radical (unpaired) electrons. The molecule has 144 valence electrons. The number of carbonyl (C=O) groups excluding carboxylic acids is 3. The first-order chi connectivity index (χ1) is 13.5. The number of hydrogen-bond acceptors (Lipinski definition) is 5. The van der Waals surface area contributed by atoms with Gasteiger partial charge in [-0.05, 0) is 30.3 Å². The van der Waals surface area contributed by atoms with Crippen LogP contribution in [0.4, 0.5) is 11.4 Å². The number of nitrogens with one attached hydrogen (secondary N) is 2. The Morgan fingerprint density at radius 1 is 1.11 bits per heavy atom. The molecule has 0 saturated carbocycles. The van der Waals surface area contributed by atoms with Crippen LogP contribution in [0.25, 0.3) is 0 Å². The Kier molecular flexibility index (Phi) is 4.60. The average Bonchev–Trinajstić information content (AvgIpc) is 3.33. The van der Waals surface area contributed by atoms with E-state index < -0.39 is 5.92 Å². The molecule has 2 aliphatic rings.